The highest BCUT2D eigenvalue weighted by molar-refractivity contribution is 6.92. The molecule has 0 N–H and O–H groups in total. The topological polar surface area (TPSA) is 0 Å². The Hall–Kier alpha value is -2.17. The standard InChI is InChI=1S/C20H12.H3P/c1-5-13-6-2-11-17-18-12-4-8-14-7-3-10-16(20(14)18)15(9-1)19(13)17;/h1-12H;1H3. The van der Waals surface area contributed by atoms with Gasteiger partial charge < -0.3 is 0 Å². The van der Waals surface area contributed by atoms with Gasteiger partial charge in [0.1, 0.15) is 0 Å². The van der Waals surface area contributed by atoms with E-state index in [4.69, 9.17) is 0 Å². The van der Waals surface area contributed by atoms with Crippen LogP contribution in [0, 0.1) is 0 Å². The summed E-state index contributed by atoms with van der Waals surface area (Å²) in [6.07, 6.45) is 0. The van der Waals surface area contributed by atoms with Crippen molar-refractivity contribution in [2.24, 2.45) is 0 Å². The monoisotopic (exact) mass is 286 g/mol. The normalized spacial score (nSPS) is 11.4. The Morgan fingerprint density at radius 3 is 0.952 bits per heavy atom. The van der Waals surface area contributed by atoms with Crippen molar-refractivity contribution < 1.29 is 0 Å². The molecule has 0 saturated heterocycles. The molecule has 0 heterocycles. The van der Waals surface area contributed by atoms with Crippen molar-refractivity contribution in [1.29, 1.82) is 0 Å². The summed E-state index contributed by atoms with van der Waals surface area (Å²) < 4.78 is 0. The van der Waals surface area contributed by atoms with Crippen molar-refractivity contribution >= 4 is 53.0 Å². The second kappa shape index (κ2) is 4.41. The minimum absolute atomic E-state index is 0. The van der Waals surface area contributed by atoms with Gasteiger partial charge in [-0.05, 0) is 43.1 Å². The zero-order valence-corrected chi connectivity index (χ0v) is 13.0. The van der Waals surface area contributed by atoms with Crippen LogP contribution in [0.4, 0.5) is 0 Å². The lowest BCUT2D eigenvalue weighted by atomic mass is 9.90. The van der Waals surface area contributed by atoms with Crippen molar-refractivity contribution in [2.75, 3.05) is 0 Å². The van der Waals surface area contributed by atoms with Crippen molar-refractivity contribution in [1.82, 2.24) is 0 Å². The first-order chi connectivity index (χ1) is 9.93. The number of benzene rings is 5. The lowest BCUT2D eigenvalue weighted by Crippen LogP contribution is -1.85. The van der Waals surface area contributed by atoms with Gasteiger partial charge in [-0.25, -0.2) is 0 Å². The van der Waals surface area contributed by atoms with E-state index in [-0.39, 0.29) is 9.90 Å². The molecule has 0 fully saturated rings. The molecule has 0 nitrogen and oxygen atoms in total. The predicted molar refractivity (Wildman–Crippen MR) is 98.8 cm³/mol. The Balaban J connectivity index is 0.00000115. The van der Waals surface area contributed by atoms with Crippen LogP contribution in [0.5, 0.6) is 0 Å². The molecular weight excluding hydrogens is 271 g/mol. The van der Waals surface area contributed by atoms with Gasteiger partial charge in [0.2, 0.25) is 0 Å². The molecule has 0 spiro atoms. The summed E-state index contributed by atoms with van der Waals surface area (Å²) in [7, 11) is 0. The van der Waals surface area contributed by atoms with Gasteiger partial charge in [0.25, 0.3) is 0 Å². The van der Waals surface area contributed by atoms with Crippen LogP contribution in [0.2, 0.25) is 0 Å². The summed E-state index contributed by atoms with van der Waals surface area (Å²) in [5, 5.41) is 10.9. The fourth-order valence-corrected chi connectivity index (χ4v) is 3.58. The molecular formula is C20H15P. The van der Waals surface area contributed by atoms with Gasteiger partial charge >= 0.3 is 0 Å². The third-order valence-electron chi connectivity index (χ3n) is 4.39. The van der Waals surface area contributed by atoms with Crippen LogP contribution >= 0.6 is 9.90 Å². The maximum Gasteiger partial charge on any atom is -0.00264 e. The molecule has 0 aliphatic rings. The fourth-order valence-electron chi connectivity index (χ4n) is 3.58. The first-order valence-corrected chi connectivity index (χ1v) is 6.98. The second-order valence-corrected chi connectivity index (χ2v) is 5.42. The average Bonchev–Trinajstić information content (AvgIpc) is 2.52. The van der Waals surface area contributed by atoms with Crippen molar-refractivity contribution in [3.63, 3.8) is 0 Å². The Kier molecular flexibility index (Phi) is 2.64. The molecule has 5 aromatic carbocycles. The zero-order chi connectivity index (χ0) is 13.1. The molecule has 0 saturated carbocycles. The third-order valence-corrected chi connectivity index (χ3v) is 4.39. The zero-order valence-electron chi connectivity index (χ0n) is 11.6. The second-order valence-electron chi connectivity index (χ2n) is 5.42. The molecule has 5 rings (SSSR count). The maximum absolute atomic E-state index is 2.25. The summed E-state index contributed by atoms with van der Waals surface area (Å²) in [5.74, 6) is 0. The summed E-state index contributed by atoms with van der Waals surface area (Å²) in [6, 6.07) is 26.4. The van der Waals surface area contributed by atoms with Gasteiger partial charge in [-0.15, -0.1) is 0 Å². The van der Waals surface area contributed by atoms with E-state index in [1.54, 1.807) is 0 Å². The minimum atomic E-state index is 0. The molecule has 21 heavy (non-hydrogen) atoms. The molecule has 0 radical (unpaired) electrons. The lowest BCUT2D eigenvalue weighted by molar-refractivity contribution is 1.78. The van der Waals surface area contributed by atoms with E-state index in [0.29, 0.717) is 0 Å². The van der Waals surface area contributed by atoms with Crippen molar-refractivity contribution in [2.45, 2.75) is 0 Å². The molecule has 5 aromatic rings. The van der Waals surface area contributed by atoms with E-state index in [0.717, 1.165) is 0 Å². The Labute approximate surface area is 126 Å². The third kappa shape index (κ3) is 1.54. The average molecular weight is 286 g/mol. The first-order valence-electron chi connectivity index (χ1n) is 6.98. The van der Waals surface area contributed by atoms with Gasteiger partial charge in [-0.3, -0.25) is 0 Å². The fraction of sp³-hybridized carbons (Fsp3) is 0. The number of hydrogen-bond acceptors (Lipinski definition) is 0. The highest BCUT2D eigenvalue weighted by atomic mass is 31.0. The van der Waals surface area contributed by atoms with E-state index < -0.39 is 0 Å². The molecule has 0 aliphatic carbocycles. The highest BCUT2D eigenvalue weighted by Crippen LogP contribution is 2.39. The van der Waals surface area contributed by atoms with E-state index in [1.807, 2.05) is 0 Å². The van der Waals surface area contributed by atoms with Crippen LogP contribution in [0.3, 0.4) is 0 Å². The molecule has 1 heteroatoms. The van der Waals surface area contributed by atoms with Gasteiger partial charge in [0.15, 0.2) is 0 Å². The Morgan fingerprint density at radius 1 is 0.381 bits per heavy atom. The van der Waals surface area contributed by atoms with Gasteiger partial charge in [-0.2, -0.15) is 9.90 Å². The van der Waals surface area contributed by atoms with Crippen molar-refractivity contribution in [3.05, 3.63) is 72.8 Å². The van der Waals surface area contributed by atoms with Gasteiger partial charge in [0, 0.05) is 0 Å². The Morgan fingerprint density at radius 2 is 0.667 bits per heavy atom. The molecule has 1 unspecified atom stereocenters. The van der Waals surface area contributed by atoms with Gasteiger partial charge in [0.05, 0.1) is 0 Å². The summed E-state index contributed by atoms with van der Waals surface area (Å²) >= 11 is 0. The van der Waals surface area contributed by atoms with Crippen LogP contribution in [-0.4, -0.2) is 0 Å². The lowest BCUT2D eigenvalue weighted by Gasteiger charge is -2.13. The Bertz CT molecular complexity index is 923. The van der Waals surface area contributed by atoms with Crippen LogP contribution in [0.1, 0.15) is 0 Å². The smallest absolute Gasteiger partial charge is 0.00264 e. The molecule has 0 aliphatic heterocycles. The molecule has 0 bridgehead atoms. The highest BCUT2D eigenvalue weighted by Gasteiger charge is 2.11. The van der Waals surface area contributed by atoms with E-state index in [2.05, 4.69) is 72.8 Å². The summed E-state index contributed by atoms with van der Waals surface area (Å²) in [4.78, 5) is 0. The van der Waals surface area contributed by atoms with Gasteiger partial charge in [-0.1, -0.05) is 72.8 Å². The quantitative estimate of drug-likeness (QED) is 0.192. The number of hydrogen-bond donors (Lipinski definition) is 0. The summed E-state index contributed by atoms with van der Waals surface area (Å²) in [5.41, 5.74) is 0. The maximum atomic E-state index is 2.25. The molecule has 0 amide bonds. The van der Waals surface area contributed by atoms with Crippen LogP contribution < -0.4 is 0 Å². The van der Waals surface area contributed by atoms with Crippen LogP contribution in [-0.2, 0) is 0 Å². The number of fused-ring (bicyclic) bond motifs is 2. The predicted octanol–water partition coefficient (Wildman–Crippen LogP) is 5.80. The summed E-state index contributed by atoms with van der Waals surface area (Å²) in [6.45, 7) is 0. The number of rotatable bonds is 0. The molecule has 100 valence electrons. The van der Waals surface area contributed by atoms with E-state index in [9.17, 15) is 0 Å². The largest absolute Gasteiger partial charge is 0.153 e. The van der Waals surface area contributed by atoms with E-state index in [1.165, 1.54) is 43.1 Å². The van der Waals surface area contributed by atoms with Crippen LogP contribution in [0.25, 0.3) is 43.1 Å². The minimum Gasteiger partial charge on any atom is -0.153 e. The molecule has 1 atom stereocenters. The molecule has 0 aromatic heterocycles. The SMILES string of the molecule is P.c1cc2cccc3c4cccc5cccc(c(c1)c23)c54. The van der Waals surface area contributed by atoms with Crippen molar-refractivity contribution in [3.8, 4) is 0 Å². The van der Waals surface area contributed by atoms with Crippen LogP contribution in [0.15, 0.2) is 72.8 Å². The first kappa shape index (κ1) is 12.6. The van der Waals surface area contributed by atoms with E-state index >= 15 is 0 Å².